The van der Waals surface area contributed by atoms with E-state index in [0.29, 0.717) is 32.7 Å². The Hall–Kier alpha value is -6.42. The highest BCUT2D eigenvalue weighted by Gasteiger charge is 2.23. The molecular formula is C40H30F2N2O6. The molecule has 0 heterocycles. The lowest BCUT2D eigenvalue weighted by molar-refractivity contribution is -0.139. The van der Waals surface area contributed by atoms with Crippen molar-refractivity contribution >= 4 is 45.9 Å². The summed E-state index contributed by atoms with van der Waals surface area (Å²) in [6.45, 7) is 0. The fourth-order valence-corrected chi connectivity index (χ4v) is 5.86. The van der Waals surface area contributed by atoms with Crippen LogP contribution in [0.4, 0.5) is 8.78 Å². The number of aliphatic imine (C=N–C) groups is 2. The van der Waals surface area contributed by atoms with E-state index in [1.54, 1.807) is 60.7 Å². The summed E-state index contributed by atoms with van der Waals surface area (Å²) in [6.07, 6.45) is 2.51. The maximum absolute atomic E-state index is 13.4. The number of carboxylic acids is 2. The van der Waals surface area contributed by atoms with E-state index in [-0.39, 0.29) is 46.6 Å². The van der Waals surface area contributed by atoms with Gasteiger partial charge in [0.25, 0.3) is 0 Å². The summed E-state index contributed by atoms with van der Waals surface area (Å²) in [4.78, 5) is 32.8. The fourth-order valence-electron chi connectivity index (χ4n) is 5.86. The molecule has 6 aromatic carbocycles. The molecule has 0 aromatic heterocycles. The number of halogens is 2. The third-order valence-electron chi connectivity index (χ3n) is 8.39. The van der Waals surface area contributed by atoms with Crippen LogP contribution in [0.2, 0.25) is 0 Å². The van der Waals surface area contributed by atoms with E-state index in [2.05, 4.69) is 9.98 Å². The van der Waals surface area contributed by atoms with Gasteiger partial charge in [0.15, 0.2) is 12.1 Å². The van der Waals surface area contributed by atoms with Crippen LogP contribution in [-0.2, 0) is 22.4 Å². The van der Waals surface area contributed by atoms with Crippen LogP contribution in [0.5, 0.6) is 11.5 Å². The largest absolute Gasteiger partial charge is 0.507 e. The van der Waals surface area contributed by atoms with Crippen molar-refractivity contribution in [2.24, 2.45) is 9.98 Å². The van der Waals surface area contributed by atoms with Gasteiger partial charge in [-0.2, -0.15) is 0 Å². The van der Waals surface area contributed by atoms with Crippen LogP contribution < -0.4 is 0 Å². The second-order valence-electron chi connectivity index (χ2n) is 11.7. The number of carboxylic acid groups (broad SMARTS) is 2. The van der Waals surface area contributed by atoms with Crippen molar-refractivity contribution in [1.82, 2.24) is 0 Å². The van der Waals surface area contributed by atoms with Crippen molar-refractivity contribution in [2.75, 3.05) is 0 Å². The summed E-state index contributed by atoms with van der Waals surface area (Å²) in [5.74, 6) is -3.85. The molecule has 0 aliphatic rings. The van der Waals surface area contributed by atoms with E-state index in [9.17, 15) is 38.8 Å². The number of phenols is 2. The molecule has 10 heteroatoms. The zero-order valence-corrected chi connectivity index (χ0v) is 26.4. The quantitative estimate of drug-likeness (QED) is 0.105. The van der Waals surface area contributed by atoms with Crippen molar-refractivity contribution < 1.29 is 38.8 Å². The molecule has 0 aliphatic carbocycles. The SMILES string of the molecule is O=C(O)[C@H](Cc1ccc(F)cc1)N=Cc1cc2ccccc2c(-c2c(O)c(C=N[C@@H](Cc3ccc(F)cc3)C(=O)O)cc3ccccc23)c1O. The predicted molar refractivity (Wildman–Crippen MR) is 188 cm³/mol. The number of nitrogens with zero attached hydrogens (tertiary/aromatic N) is 2. The Balaban J connectivity index is 1.47. The average Bonchev–Trinajstić information content (AvgIpc) is 3.10. The maximum atomic E-state index is 13.4. The molecule has 0 unspecified atom stereocenters. The second-order valence-corrected chi connectivity index (χ2v) is 11.7. The van der Waals surface area contributed by atoms with Crippen molar-refractivity contribution in [3.63, 3.8) is 0 Å². The van der Waals surface area contributed by atoms with Gasteiger partial charge in [0.05, 0.1) is 0 Å². The first-order chi connectivity index (χ1) is 24.1. The smallest absolute Gasteiger partial charge is 0.328 e. The van der Waals surface area contributed by atoms with Crippen LogP contribution in [0, 0.1) is 11.6 Å². The molecule has 0 fully saturated rings. The van der Waals surface area contributed by atoms with Gasteiger partial charge in [-0.25, -0.2) is 18.4 Å². The van der Waals surface area contributed by atoms with Crippen LogP contribution in [0.3, 0.4) is 0 Å². The van der Waals surface area contributed by atoms with Crippen molar-refractivity contribution in [3.05, 3.63) is 143 Å². The zero-order valence-electron chi connectivity index (χ0n) is 26.4. The van der Waals surface area contributed by atoms with Crippen LogP contribution in [0.15, 0.2) is 119 Å². The summed E-state index contributed by atoms with van der Waals surface area (Å²) < 4.78 is 26.8. The first-order valence-corrected chi connectivity index (χ1v) is 15.6. The van der Waals surface area contributed by atoms with Gasteiger partial charge in [-0.1, -0.05) is 72.8 Å². The normalized spacial score (nSPS) is 12.9. The fraction of sp³-hybridized carbons (Fsp3) is 0.100. The molecule has 0 saturated carbocycles. The highest BCUT2D eigenvalue weighted by atomic mass is 19.1. The Morgan fingerprint density at radius 3 is 1.30 bits per heavy atom. The number of carbonyl (C=O) groups is 2. The first-order valence-electron chi connectivity index (χ1n) is 15.6. The number of fused-ring (bicyclic) bond motifs is 2. The molecule has 8 nitrogen and oxygen atoms in total. The topological polar surface area (TPSA) is 140 Å². The number of benzene rings is 6. The number of aromatic hydroxyl groups is 2. The Morgan fingerprint density at radius 2 is 0.940 bits per heavy atom. The van der Waals surface area contributed by atoms with Gasteiger partial charge in [0.1, 0.15) is 23.1 Å². The van der Waals surface area contributed by atoms with Gasteiger partial charge in [0.2, 0.25) is 0 Å². The van der Waals surface area contributed by atoms with Crippen LogP contribution in [-0.4, -0.2) is 56.9 Å². The average molecular weight is 673 g/mol. The molecule has 0 aliphatic heterocycles. The molecule has 0 spiro atoms. The van der Waals surface area contributed by atoms with Gasteiger partial charge in [-0.05, 0) is 69.1 Å². The lowest BCUT2D eigenvalue weighted by Gasteiger charge is -2.18. The summed E-state index contributed by atoms with van der Waals surface area (Å²) in [5, 5.41) is 46.0. The highest BCUT2D eigenvalue weighted by molar-refractivity contribution is 6.14. The van der Waals surface area contributed by atoms with Gasteiger partial charge >= 0.3 is 11.9 Å². The predicted octanol–water partition coefficient (Wildman–Crippen LogP) is 7.58. The molecule has 0 amide bonds. The number of hydrogen-bond donors (Lipinski definition) is 4. The molecule has 0 saturated heterocycles. The molecule has 50 heavy (non-hydrogen) atoms. The lowest BCUT2D eigenvalue weighted by Crippen LogP contribution is -2.21. The van der Waals surface area contributed by atoms with E-state index in [0.717, 1.165) is 0 Å². The Bertz CT molecular complexity index is 2120. The third-order valence-corrected chi connectivity index (χ3v) is 8.39. The van der Waals surface area contributed by atoms with Crippen molar-refractivity contribution in [1.29, 1.82) is 0 Å². The van der Waals surface area contributed by atoms with Crippen LogP contribution >= 0.6 is 0 Å². The monoisotopic (exact) mass is 672 g/mol. The van der Waals surface area contributed by atoms with Crippen LogP contribution in [0.25, 0.3) is 32.7 Å². The minimum Gasteiger partial charge on any atom is -0.507 e. The summed E-state index contributed by atoms with van der Waals surface area (Å²) >= 11 is 0. The Morgan fingerprint density at radius 1 is 0.580 bits per heavy atom. The minimum absolute atomic E-state index is 0.0153. The van der Waals surface area contributed by atoms with Gasteiger partial charge in [-0.15, -0.1) is 0 Å². The first kappa shape index (κ1) is 33.5. The van der Waals surface area contributed by atoms with Gasteiger partial charge < -0.3 is 20.4 Å². The standard InChI is InChI=1S/C40H30F2N2O6/c41-29-13-9-23(10-14-29)17-33(39(47)48)43-21-27-19-25-5-1-3-7-31(25)35(37(27)45)36-32-8-4-2-6-26(32)20-28(38(36)46)22-44-34(40(49)50)18-24-11-15-30(42)16-12-24/h1-16,19-22,33-34,45-46H,17-18H2,(H,47,48)(H,49,50)/t33-,34-/m0/s1. The molecule has 0 radical (unpaired) electrons. The number of rotatable bonds is 11. The van der Waals surface area contributed by atoms with E-state index in [4.69, 9.17) is 0 Å². The minimum atomic E-state index is -1.24. The van der Waals surface area contributed by atoms with E-state index in [1.165, 1.54) is 61.0 Å². The number of phenolic OH excluding ortho intramolecular Hbond substituents is 2. The Labute approximate surface area is 285 Å². The lowest BCUT2D eigenvalue weighted by atomic mass is 9.89. The van der Waals surface area contributed by atoms with Crippen molar-refractivity contribution in [3.8, 4) is 22.6 Å². The Kier molecular flexibility index (Phi) is 9.62. The van der Waals surface area contributed by atoms with Gasteiger partial charge in [-0.3, -0.25) is 9.98 Å². The number of hydrogen-bond acceptors (Lipinski definition) is 6. The van der Waals surface area contributed by atoms with Crippen molar-refractivity contribution in [2.45, 2.75) is 24.9 Å². The molecule has 6 rings (SSSR count). The third kappa shape index (κ3) is 7.19. The maximum Gasteiger partial charge on any atom is 0.328 e. The highest BCUT2D eigenvalue weighted by Crippen LogP contribution is 2.47. The molecule has 2 atom stereocenters. The molecular weight excluding hydrogens is 642 g/mol. The number of aliphatic carboxylic acids is 2. The van der Waals surface area contributed by atoms with Gasteiger partial charge in [0, 0.05) is 47.5 Å². The zero-order chi connectivity index (χ0) is 35.4. The molecule has 6 aromatic rings. The van der Waals surface area contributed by atoms with Crippen LogP contribution in [0.1, 0.15) is 22.3 Å². The van der Waals surface area contributed by atoms with E-state index < -0.39 is 35.7 Å². The summed E-state index contributed by atoms with van der Waals surface area (Å²) in [6, 6.07) is 26.1. The van der Waals surface area contributed by atoms with E-state index >= 15 is 0 Å². The second kappa shape index (κ2) is 14.4. The summed E-state index contributed by atoms with van der Waals surface area (Å²) in [7, 11) is 0. The molecule has 250 valence electrons. The summed E-state index contributed by atoms with van der Waals surface area (Å²) in [5.41, 5.74) is 2.02. The molecule has 4 N–H and O–H groups in total. The van der Waals surface area contributed by atoms with E-state index in [1.807, 2.05) is 0 Å². The molecule has 0 bridgehead atoms.